The van der Waals surface area contributed by atoms with Gasteiger partial charge in [-0.3, -0.25) is 0 Å². The van der Waals surface area contributed by atoms with E-state index in [1.54, 1.807) is 0 Å². The Morgan fingerprint density at radius 3 is 2.67 bits per heavy atom. The lowest BCUT2D eigenvalue weighted by atomic mass is 10.0. The molecule has 0 aliphatic heterocycles. The van der Waals surface area contributed by atoms with Crippen LogP contribution in [0.15, 0.2) is 23.3 Å². The monoisotopic (exact) mass is 250 g/mol. The molecule has 0 atom stereocenters. The van der Waals surface area contributed by atoms with Crippen LogP contribution in [0.25, 0.3) is 10.4 Å². The van der Waals surface area contributed by atoms with Crippen molar-refractivity contribution in [2.45, 2.75) is 6.18 Å². The summed E-state index contributed by atoms with van der Waals surface area (Å²) in [5.74, 6) is 4.82. The van der Waals surface area contributed by atoms with Crippen molar-refractivity contribution in [3.05, 3.63) is 45.3 Å². The Bertz CT molecular complexity index is 595. The molecule has 0 unspecified atom stereocenters. The molecule has 0 saturated carbocycles. The number of nitrogens with zero attached hydrogens (tertiary/aromatic N) is 4. The lowest BCUT2D eigenvalue weighted by Crippen LogP contribution is -2.08. The van der Waals surface area contributed by atoms with Crippen LogP contribution < -0.4 is 0 Å². The summed E-state index contributed by atoms with van der Waals surface area (Å²) in [4.78, 5) is 2.45. The molecule has 0 aromatic heterocycles. The average Bonchev–Trinajstić information content (AvgIpc) is 2.33. The maximum absolute atomic E-state index is 12.6. The fourth-order valence-electron chi connectivity index (χ4n) is 1.16. The molecule has 7 heteroatoms. The summed E-state index contributed by atoms with van der Waals surface area (Å²) in [5, 5.41) is 11.7. The zero-order valence-electron chi connectivity index (χ0n) is 8.86. The average molecular weight is 250 g/mol. The van der Waals surface area contributed by atoms with E-state index < -0.39 is 17.3 Å². The van der Waals surface area contributed by atoms with Gasteiger partial charge in [0.1, 0.15) is 0 Å². The zero-order valence-corrected chi connectivity index (χ0v) is 8.86. The largest absolute Gasteiger partial charge is 0.417 e. The molecule has 90 valence electrons. The molecular weight excluding hydrogens is 245 g/mol. The number of hydrogen-bond donors (Lipinski definition) is 0. The second-order valence-corrected chi connectivity index (χ2v) is 3.06. The second-order valence-electron chi connectivity index (χ2n) is 3.06. The van der Waals surface area contributed by atoms with Crippen LogP contribution >= 0.6 is 0 Å². The highest BCUT2D eigenvalue weighted by Gasteiger charge is 2.33. The van der Waals surface area contributed by atoms with Gasteiger partial charge >= 0.3 is 6.18 Å². The Morgan fingerprint density at radius 1 is 1.39 bits per heavy atom. The van der Waals surface area contributed by atoms with Crippen LogP contribution in [-0.4, -0.2) is 6.54 Å². The Labute approximate surface area is 100 Å². The summed E-state index contributed by atoms with van der Waals surface area (Å²) in [5.41, 5.74) is 6.61. The third-order valence-electron chi connectivity index (χ3n) is 1.89. The third-order valence-corrected chi connectivity index (χ3v) is 1.89. The van der Waals surface area contributed by atoms with Crippen LogP contribution in [0.5, 0.6) is 0 Å². The minimum Gasteiger partial charge on any atom is -0.192 e. The summed E-state index contributed by atoms with van der Waals surface area (Å²) in [7, 11) is 0. The molecule has 0 amide bonds. The molecule has 0 spiro atoms. The third kappa shape index (κ3) is 3.44. The van der Waals surface area contributed by atoms with E-state index in [-0.39, 0.29) is 12.1 Å². The highest BCUT2D eigenvalue weighted by Crippen LogP contribution is 2.32. The molecule has 4 nitrogen and oxygen atoms in total. The lowest BCUT2D eigenvalue weighted by Gasteiger charge is -2.08. The van der Waals surface area contributed by atoms with Crippen molar-refractivity contribution in [1.29, 1.82) is 5.26 Å². The first kappa shape index (κ1) is 13.4. The van der Waals surface area contributed by atoms with Crippen LogP contribution in [0.1, 0.15) is 16.7 Å². The second kappa shape index (κ2) is 5.62. The zero-order chi connectivity index (χ0) is 13.6. The molecule has 18 heavy (non-hydrogen) atoms. The first-order chi connectivity index (χ1) is 8.49. The van der Waals surface area contributed by atoms with Crippen molar-refractivity contribution < 1.29 is 13.2 Å². The van der Waals surface area contributed by atoms with Gasteiger partial charge in [-0.25, -0.2) is 0 Å². The SMILES string of the molecule is N#Cc1ccc(C#CCN=[N+]=[N-])cc1C(F)(F)F. The molecule has 0 N–H and O–H groups in total. The van der Waals surface area contributed by atoms with Crippen molar-refractivity contribution in [3.63, 3.8) is 0 Å². The number of rotatable bonds is 1. The van der Waals surface area contributed by atoms with Gasteiger partial charge in [0.15, 0.2) is 0 Å². The van der Waals surface area contributed by atoms with Crippen molar-refractivity contribution in [2.75, 3.05) is 6.54 Å². The van der Waals surface area contributed by atoms with E-state index in [2.05, 4.69) is 21.9 Å². The number of nitriles is 1. The van der Waals surface area contributed by atoms with Crippen molar-refractivity contribution in [2.24, 2.45) is 5.11 Å². The minimum atomic E-state index is -4.60. The van der Waals surface area contributed by atoms with Gasteiger partial charge in [0.25, 0.3) is 0 Å². The molecule has 1 aromatic carbocycles. The topological polar surface area (TPSA) is 72.5 Å². The maximum Gasteiger partial charge on any atom is 0.417 e. The molecule has 1 rings (SSSR count). The summed E-state index contributed by atoms with van der Waals surface area (Å²) in [6.45, 7) is -0.127. The van der Waals surface area contributed by atoms with Gasteiger partial charge in [-0.05, 0) is 23.7 Å². The molecular formula is C11H5F3N4. The minimum absolute atomic E-state index is 0.106. The first-order valence-electron chi connectivity index (χ1n) is 4.60. The Morgan fingerprint density at radius 2 is 2.11 bits per heavy atom. The Hall–Kier alpha value is -2.63. The van der Waals surface area contributed by atoms with E-state index in [9.17, 15) is 13.2 Å². The lowest BCUT2D eigenvalue weighted by molar-refractivity contribution is -0.137. The van der Waals surface area contributed by atoms with Gasteiger partial charge in [-0.1, -0.05) is 17.0 Å². The van der Waals surface area contributed by atoms with E-state index in [1.165, 1.54) is 12.1 Å². The summed E-state index contributed by atoms with van der Waals surface area (Å²) >= 11 is 0. The predicted octanol–water partition coefficient (Wildman–Crippen LogP) is 3.24. The molecule has 0 heterocycles. The molecule has 1 aromatic rings. The van der Waals surface area contributed by atoms with E-state index in [4.69, 9.17) is 10.8 Å². The Balaban J connectivity index is 3.15. The highest BCUT2D eigenvalue weighted by molar-refractivity contribution is 5.47. The van der Waals surface area contributed by atoms with Gasteiger partial charge in [0.2, 0.25) is 0 Å². The molecule has 0 aliphatic rings. The highest BCUT2D eigenvalue weighted by atomic mass is 19.4. The number of azide groups is 1. The van der Waals surface area contributed by atoms with E-state index in [0.29, 0.717) is 0 Å². The van der Waals surface area contributed by atoms with Crippen LogP contribution in [0, 0.1) is 23.2 Å². The molecule has 0 fully saturated rings. The summed E-state index contributed by atoms with van der Waals surface area (Å²) in [6.07, 6.45) is -4.60. The molecule has 0 bridgehead atoms. The van der Waals surface area contributed by atoms with Crippen LogP contribution in [0.4, 0.5) is 13.2 Å². The normalized spacial score (nSPS) is 9.67. The predicted molar refractivity (Wildman–Crippen MR) is 57.1 cm³/mol. The van der Waals surface area contributed by atoms with Gasteiger partial charge < -0.3 is 0 Å². The van der Waals surface area contributed by atoms with Gasteiger partial charge in [0.05, 0.1) is 23.7 Å². The number of alkyl halides is 3. The van der Waals surface area contributed by atoms with Crippen molar-refractivity contribution in [1.82, 2.24) is 0 Å². The van der Waals surface area contributed by atoms with Crippen LogP contribution in [-0.2, 0) is 6.18 Å². The van der Waals surface area contributed by atoms with Crippen LogP contribution in [0.2, 0.25) is 0 Å². The summed E-state index contributed by atoms with van der Waals surface area (Å²) < 4.78 is 37.8. The number of benzene rings is 1. The number of hydrogen-bond acceptors (Lipinski definition) is 2. The van der Waals surface area contributed by atoms with Crippen LogP contribution in [0.3, 0.4) is 0 Å². The molecule has 0 radical (unpaired) electrons. The Kier molecular flexibility index (Phi) is 4.20. The standard InChI is InChI=1S/C11H5F3N4/c12-11(13,14)10-6-8(2-1-5-17-18-16)3-4-9(10)7-15/h3-4,6H,5H2. The van der Waals surface area contributed by atoms with Crippen molar-refractivity contribution >= 4 is 0 Å². The van der Waals surface area contributed by atoms with Crippen molar-refractivity contribution in [3.8, 4) is 17.9 Å². The quantitative estimate of drug-likeness (QED) is 0.326. The van der Waals surface area contributed by atoms with E-state index in [0.717, 1.165) is 12.1 Å². The summed E-state index contributed by atoms with van der Waals surface area (Å²) in [6, 6.07) is 4.62. The smallest absolute Gasteiger partial charge is 0.192 e. The first-order valence-corrected chi connectivity index (χ1v) is 4.60. The number of halogens is 3. The van der Waals surface area contributed by atoms with Gasteiger partial charge in [0, 0.05) is 10.5 Å². The van der Waals surface area contributed by atoms with E-state index >= 15 is 0 Å². The van der Waals surface area contributed by atoms with Gasteiger partial charge in [-0.2, -0.15) is 18.4 Å². The maximum atomic E-state index is 12.6. The van der Waals surface area contributed by atoms with E-state index in [1.807, 2.05) is 0 Å². The molecule has 0 aliphatic carbocycles. The molecule has 0 saturated heterocycles. The fourth-order valence-corrected chi connectivity index (χ4v) is 1.16. The fraction of sp³-hybridized carbons (Fsp3) is 0.182. The van der Waals surface area contributed by atoms with Gasteiger partial charge in [-0.15, -0.1) is 0 Å².